The van der Waals surface area contributed by atoms with Crippen LogP contribution >= 0.6 is 0 Å². The van der Waals surface area contributed by atoms with Crippen molar-refractivity contribution in [1.29, 1.82) is 0 Å². The van der Waals surface area contributed by atoms with Crippen LogP contribution in [0.4, 0.5) is 10.3 Å². The van der Waals surface area contributed by atoms with E-state index in [2.05, 4.69) is 50.8 Å². The second-order valence-electron chi connectivity index (χ2n) is 9.45. The van der Waals surface area contributed by atoms with Gasteiger partial charge >= 0.3 is 0 Å². The van der Waals surface area contributed by atoms with Crippen molar-refractivity contribution in [2.45, 2.75) is 51.1 Å². The number of amides is 1. The minimum absolute atomic E-state index is 0.0225. The number of rotatable bonds is 8. The van der Waals surface area contributed by atoms with E-state index in [0.29, 0.717) is 31.4 Å². The summed E-state index contributed by atoms with van der Waals surface area (Å²) in [6, 6.07) is 16.6. The quantitative estimate of drug-likeness (QED) is 0.506. The number of anilines is 1. The van der Waals surface area contributed by atoms with Crippen LogP contribution in [0, 0.1) is 11.7 Å². The molecule has 3 heterocycles. The Morgan fingerprint density at radius 3 is 2.62 bits per heavy atom. The molecular formula is C26H31FN6O. The molecule has 7 nitrogen and oxygen atoms in total. The Morgan fingerprint density at radius 2 is 1.79 bits per heavy atom. The molecule has 2 atom stereocenters. The summed E-state index contributed by atoms with van der Waals surface area (Å²) in [6.07, 6.45) is 6.47. The van der Waals surface area contributed by atoms with Gasteiger partial charge < -0.3 is 9.80 Å². The Balaban J connectivity index is 1.19. The Morgan fingerprint density at radius 1 is 0.971 bits per heavy atom. The molecular weight excluding hydrogens is 431 g/mol. The Kier molecular flexibility index (Phi) is 6.83. The molecule has 178 valence electrons. The fourth-order valence-corrected chi connectivity index (χ4v) is 5.24. The number of hydrogen-bond acceptors (Lipinski definition) is 5. The lowest BCUT2D eigenvalue weighted by Crippen LogP contribution is -2.38. The molecule has 8 heteroatoms. The fraction of sp³-hybridized carbons (Fsp3) is 0.462. The topological polar surface area (TPSA) is 67.2 Å². The highest BCUT2D eigenvalue weighted by molar-refractivity contribution is 5.82. The molecule has 0 bridgehead atoms. The molecule has 0 radical (unpaired) electrons. The lowest BCUT2D eigenvalue weighted by atomic mass is 9.92. The normalized spacial score (nSPS) is 20.8. The first-order valence-corrected chi connectivity index (χ1v) is 12.3. The van der Waals surface area contributed by atoms with E-state index in [-0.39, 0.29) is 17.8 Å². The lowest BCUT2D eigenvalue weighted by Gasteiger charge is -2.33. The highest BCUT2D eigenvalue weighted by atomic mass is 19.1. The predicted molar refractivity (Wildman–Crippen MR) is 128 cm³/mol. The molecule has 1 aromatic heterocycles. The minimum atomic E-state index is -0.385. The highest BCUT2D eigenvalue weighted by Crippen LogP contribution is 2.30. The summed E-state index contributed by atoms with van der Waals surface area (Å²) in [5.74, 6) is 1.06. The average molecular weight is 463 g/mol. The van der Waals surface area contributed by atoms with Crippen LogP contribution in [0.1, 0.15) is 49.3 Å². The zero-order valence-electron chi connectivity index (χ0n) is 19.4. The lowest BCUT2D eigenvalue weighted by molar-refractivity contribution is -0.131. The van der Waals surface area contributed by atoms with E-state index in [1.54, 1.807) is 16.8 Å². The zero-order valence-corrected chi connectivity index (χ0v) is 19.4. The van der Waals surface area contributed by atoms with Gasteiger partial charge in [0.25, 0.3) is 0 Å². The number of carbonyl (C=O) groups excluding carboxylic acids is 1. The van der Waals surface area contributed by atoms with E-state index in [9.17, 15) is 9.18 Å². The molecule has 2 unspecified atom stereocenters. The van der Waals surface area contributed by atoms with Crippen LogP contribution in [0.15, 0.2) is 54.6 Å². The number of tetrazole rings is 1. The maximum absolute atomic E-state index is 13.2. The fourth-order valence-electron chi connectivity index (χ4n) is 5.24. The molecule has 3 aromatic rings. The monoisotopic (exact) mass is 462 g/mol. The first-order chi connectivity index (χ1) is 16.7. The Hall–Kier alpha value is -3.29. The number of aryl methyl sites for hydroxylation is 1. The van der Waals surface area contributed by atoms with Gasteiger partial charge in [0.15, 0.2) is 0 Å². The van der Waals surface area contributed by atoms with Gasteiger partial charge in [-0.1, -0.05) is 47.6 Å². The summed E-state index contributed by atoms with van der Waals surface area (Å²) in [5.41, 5.74) is 2.31. The number of benzene rings is 2. The van der Waals surface area contributed by atoms with Crippen LogP contribution in [0.25, 0.3) is 0 Å². The molecule has 2 aliphatic rings. The molecule has 1 amide bonds. The van der Waals surface area contributed by atoms with Crippen molar-refractivity contribution in [2.75, 3.05) is 24.5 Å². The standard InChI is InChI=1S/C26H31FN6O/c27-23-13-11-22(12-14-23)18-31-17-15-24(25(31)34)33-26(28-29-30-33)32-16-5-10-21(19-32)9-4-8-20-6-2-1-3-7-20/h1-3,6-7,11-14,21,24H,4-5,8-10,15-19H2. The number of aromatic nitrogens is 4. The first kappa shape index (κ1) is 22.5. The molecule has 2 aromatic carbocycles. The average Bonchev–Trinajstić information content (AvgIpc) is 3.48. The third kappa shape index (κ3) is 5.11. The highest BCUT2D eigenvalue weighted by Gasteiger charge is 2.37. The van der Waals surface area contributed by atoms with E-state index < -0.39 is 0 Å². The largest absolute Gasteiger partial charge is 0.339 e. The van der Waals surface area contributed by atoms with E-state index >= 15 is 0 Å². The third-order valence-corrected chi connectivity index (χ3v) is 7.05. The minimum Gasteiger partial charge on any atom is -0.339 e. The van der Waals surface area contributed by atoms with Crippen molar-refractivity contribution in [2.24, 2.45) is 5.92 Å². The first-order valence-electron chi connectivity index (χ1n) is 12.3. The second kappa shape index (κ2) is 10.3. The van der Waals surface area contributed by atoms with Gasteiger partial charge in [-0.05, 0) is 78.1 Å². The van der Waals surface area contributed by atoms with Gasteiger partial charge in [-0.2, -0.15) is 4.68 Å². The molecule has 0 saturated carbocycles. The van der Waals surface area contributed by atoms with Gasteiger partial charge in [0.2, 0.25) is 11.9 Å². The molecule has 2 aliphatic heterocycles. The van der Waals surface area contributed by atoms with E-state index in [1.165, 1.54) is 37.0 Å². The van der Waals surface area contributed by atoms with Crippen molar-refractivity contribution in [1.82, 2.24) is 25.1 Å². The summed E-state index contributed by atoms with van der Waals surface area (Å²) in [7, 11) is 0. The summed E-state index contributed by atoms with van der Waals surface area (Å²) in [4.78, 5) is 17.2. The van der Waals surface area contributed by atoms with Crippen LogP contribution in [-0.2, 0) is 17.8 Å². The number of nitrogens with zero attached hydrogens (tertiary/aromatic N) is 6. The molecule has 0 spiro atoms. The van der Waals surface area contributed by atoms with E-state index in [4.69, 9.17) is 0 Å². The number of likely N-dealkylation sites (tertiary alicyclic amines) is 1. The van der Waals surface area contributed by atoms with Crippen LogP contribution in [0.2, 0.25) is 0 Å². The molecule has 34 heavy (non-hydrogen) atoms. The van der Waals surface area contributed by atoms with E-state index in [1.807, 2.05) is 4.90 Å². The predicted octanol–water partition coefficient (Wildman–Crippen LogP) is 4.03. The summed E-state index contributed by atoms with van der Waals surface area (Å²) in [6.45, 7) is 2.95. The Bertz CT molecular complexity index is 1090. The smallest absolute Gasteiger partial charge is 0.248 e. The van der Waals surface area contributed by atoms with Gasteiger partial charge in [-0.15, -0.1) is 0 Å². The van der Waals surface area contributed by atoms with Crippen molar-refractivity contribution in [3.05, 3.63) is 71.5 Å². The van der Waals surface area contributed by atoms with Gasteiger partial charge in [-0.25, -0.2) is 4.39 Å². The van der Waals surface area contributed by atoms with Crippen LogP contribution in [-0.4, -0.2) is 50.6 Å². The second-order valence-corrected chi connectivity index (χ2v) is 9.45. The number of piperidine rings is 1. The van der Waals surface area contributed by atoms with Crippen molar-refractivity contribution < 1.29 is 9.18 Å². The Labute approximate surface area is 199 Å². The van der Waals surface area contributed by atoms with Gasteiger partial charge in [0.1, 0.15) is 11.9 Å². The number of hydrogen-bond donors (Lipinski definition) is 0. The number of halogens is 1. The summed E-state index contributed by atoms with van der Waals surface area (Å²) in [5, 5.41) is 12.5. The van der Waals surface area contributed by atoms with Crippen LogP contribution in [0.5, 0.6) is 0 Å². The molecule has 2 fully saturated rings. The van der Waals surface area contributed by atoms with Crippen molar-refractivity contribution >= 4 is 11.9 Å². The maximum Gasteiger partial charge on any atom is 0.248 e. The van der Waals surface area contributed by atoms with Crippen LogP contribution in [0.3, 0.4) is 0 Å². The zero-order chi connectivity index (χ0) is 23.3. The SMILES string of the molecule is O=C1C(n2nnnc2N2CCCC(CCCc3ccccc3)C2)CCN1Cc1ccc(F)cc1. The van der Waals surface area contributed by atoms with Gasteiger partial charge in [-0.3, -0.25) is 4.79 Å². The molecule has 0 N–H and O–H groups in total. The van der Waals surface area contributed by atoms with Gasteiger partial charge in [0.05, 0.1) is 0 Å². The van der Waals surface area contributed by atoms with Crippen LogP contribution < -0.4 is 4.90 Å². The molecule has 5 rings (SSSR count). The van der Waals surface area contributed by atoms with Crippen molar-refractivity contribution in [3.8, 4) is 0 Å². The summed E-state index contributed by atoms with van der Waals surface area (Å²) >= 11 is 0. The summed E-state index contributed by atoms with van der Waals surface area (Å²) < 4.78 is 14.9. The van der Waals surface area contributed by atoms with Crippen molar-refractivity contribution in [3.63, 3.8) is 0 Å². The molecule has 2 saturated heterocycles. The third-order valence-electron chi connectivity index (χ3n) is 7.05. The van der Waals surface area contributed by atoms with Gasteiger partial charge in [0, 0.05) is 26.2 Å². The number of carbonyl (C=O) groups is 1. The molecule has 0 aliphatic carbocycles. The van der Waals surface area contributed by atoms with E-state index in [0.717, 1.165) is 31.5 Å². The maximum atomic E-state index is 13.2.